The zero-order valence-electron chi connectivity index (χ0n) is 11.5. The van der Waals surface area contributed by atoms with E-state index in [1.165, 1.54) is 6.07 Å². The number of nitrogens with one attached hydrogen (secondary N) is 1. The second kappa shape index (κ2) is 5.92. The lowest BCUT2D eigenvalue weighted by Gasteiger charge is -2.26. The maximum atomic E-state index is 12.4. The van der Waals surface area contributed by atoms with Crippen molar-refractivity contribution in [1.82, 2.24) is 4.72 Å². The normalized spacial score (nSPS) is 23.2. The highest BCUT2D eigenvalue weighted by Gasteiger charge is 2.25. The van der Waals surface area contributed by atoms with Gasteiger partial charge in [-0.05, 0) is 50.3 Å². The summed E-state index contributed by atoms with van der Waals surface area (Å²) in [5.74, 6) is 0. The fourth-order valence-electron chi connectivity index (χ4n) is 2.48. The van der Waals surface area contributed by atoms with Crippen LogP contribution in [0.3, 0.4) is 0 Å². The van der Waals surface area contributed by atoms with Gasteiger partial charge in [-0.1, -0.05) is 6.07 Å². The van der Waals surface area contributed by atoms with Crippen LogP contribution in [0.2, 0.25) is 0 Å². The molecule has 6 heteroatoms. The third-order valence-electron chi connectivity index (χ3n) is 3.70. The number of benzene rings is 1. The molecular formula is C14H19N3O2S. The molecule has 0 amide bonds. The fourth-order valence-corrected chi connectivity index (χ4v) is 4.05. The highest BCUT2D eigenvalue weighted by molar-refractivity contribution is 7.89. The SMILES string of the molecule is Cc1ccc(C#N)cc1S(=O)(=O)NC1CCC(N)CC1. The van der Waals surface area contributed by atoms with Crippen molar-refractivity contribution in [3.8, 4) is 6.07 Å². The molecule has 2 rings (SSSR count). The van der Waals surface area contributed by atoms with Crippen LogP contribution in [-0.2, 0) is 10.0 Å². The lowest BCUT2D eigenvalue weighted by Crippen LogP contribution is -2.40. The van der Waals surface area contributed by atoms with Gasteiger partial charge in [-0.3, -0.25) is 0 Å². The first kappa shape index (κ1) is 15.0. The molecule has 20 heavy (non-hydrogen) atoms. The van der Waals surface area contributed by atoms with Crippen molar-refractivity contribution in [1.29, 1.82) is 5.26 Å². The third-order valence-corrected chi connectivity index (χ3v) is 5.36. The summed E-state index contributed by atoms with van der Waals surface area (Å²) in [7, 11) is -3.58. The molecule has 1 aliphatic rings. The predicted molar refractivity (Wildman–Crippen MR) is 76.4 cm³/mol. The van der Waals surface area contributed by atoms with E-state index in [4.69, 9.17) is 11.0 Å². The zero-order valence-corrected chi connectivity index (χ0v) is 12.3. The van der Waals surface area contributed by atoms with E-state index in [1.807, 2.05) is 6.07 Å². The van der Waals surface area contributed by atoms with Gasteiger partial charge in [0, 0.05) is 12.1 Å². The van der Waals surface area contributed by atoms with Gasteiger partial charge in [-0.2, -0.15) is 5.26 Å². The highest BCUT2D eigenvalue weighted by atomic mass is 32.2. The minimum absolute atomic E-state index is 0.0649. The van der Waals surface area contributed by atoms with Crippen LogP contribution in [0.5, 0.6) is 0 Å². The van der Waals surface area contributed by atoms with Gasteiger partial charge in [-0.15, -0.1) is 0 Å². The second-order valence-corrected chi connectivity index (χ2v) is 7.01. The Morgan fingerprint density at radius 1 is 1.30 bits per heavy atom. The third kappa shape index (κ3) is 3.37. The van der Waals surface area contributed by atoms with Gasteiger partial charge in [0.2, 0.25) is 10.0 Å². The first-order chi connectivity index (χ1) is 9.42. The minimum Gasteiger partial charge on any atom is -0.328 e. The summed E-state index contributed by atoms with van der Waals surface area (Å²) in [6.07, 6.45) is 3.20. The average molecular weight is 293 g/mol. The van der Waals surface area contributed by atoms with Crippen molar-refractivity contribution < 1.29 is 8.42 Å². The maximum Gasteiger partial charge on any atom is 0.241 e. The van der Waals surface area contributed by atoms with Gasteiger partial charge in [-0.25, -0.2) is 13.1 Å². The van der Waals surface area contributed by atoms with Gasteiger partial charge >= 0.3 is 0 Å². The number of aryl methyl sites for hydroxylation is 1. The van der Waals surface area contributed by atoms with Crippen molar-refractivity contribution in [3.05, 3.63) is 29.3 Å². The molecule has 1 fully saturated rings. The van der Waals surface area contributed by atoms with E-state index < -0.39 is 10.0 Å². The smallest absolute Gasteiger partial charge is 0.241 e. The van der Waals surface area contributed by atoms with Gasteiger partial charge in [0.25, 0.3) is 0 Å². The van der Waals surface area contributed by atoms with E-state index in [1.54, 1.807) is 19.1 Å². The number of rotatable bonds is 3. The molecule has 1 aliphatic carbocycles. The fraction of sp³-hybridized carbons (Fsp3) is 0.500. The number of hydrogen-bond donors (Lipinski definition) is 2. The van der Waals surface area contributed by atoms with Crippen molar-refractivity contribution in [2.45, 2.75) is 49.6 Å². The van der Waals surface area contributed by atoms with Gasteiger partial charge in [0.15, 0.2) is 0 Å². The molecule has 3 N–H and O–H groups in total. The van der Waals surface area contributed by atoms with Crippen LogP contribution in [0.25, 0.3) is 0 Å². The van der Waals surface area contributed by atoms with Gasteiger partial charge in [0.1, 0.15) is 0 Å². The molecule has 0 heterocycles. The molecule has 1 aromatic carbocycles. The molecule has 0 spiro atoms. The molecule has 0 atom stereocenters. The van der Waals surface area contributed by atoms with Crippen LogP contribution in [0.15, 0.2) is 23.1 Å². The van der Waals surface area contributed by atoms with Crippen molar-refractivity contribution >= 4 is 10.0 Å². The van der Waals surface area contributed by atoms with E-state index in [-0.39, 0.29) is 17.0 Å². The summed E-state index contributed by atoms with van der Waals surface area (Å²) < 4.78 is 27.6. The van der Waals surface area contributed by atoms with Crippen LogP contribution in [0, 0.1) is 18.3 Å². The van der Waals surface area contributed by atoms with E-state index in [0.717, 1.165) is 25.7 Å². The molecular weight excluding hydrogens is 274 g/mol. The quantitative estimate of drug-likeness (QED) is 0.880. The zero-order chi connectivity index (χ0) is 14.8. The Bertz CT molecular complexity index is 626. The Kier molecular flexibility index (Phi) is 4.43. The van der Waals surface area contributed by atoms with E-state index in [2.05, 4.69) is 4.72 Å². The molecule has 0 saturated heterocycles. The van der Waals surface area contributed by atoms with E-state index >= 15 is 0 Å². The first-order valence-electron chi connectivity index (χ1n) is 6.71. The highest BCUT2D eigenvalue weighted by Crippen LogP contribution is 2.21. The molecule has 0 aromatic heterocycles. The summed E-state index contributed by atoms with van der Waals surface area (Å²) in [4.78, 5) is 0.187. The Morgan fingerprint density at radius 3 is 2.55 bits per heavy atom. The largest absolute Gasteiger partial charge is 0.328 e. The Balaban J connectivity index is 2.20. The summed E-state index contributed by atoms with van der Waals surface area (Å²) in [6.45, 7) is 1.73. The number of nitriles is 1. The van der Waals surface area contributed by atoms with E-state index in [0.29, 0.717) is 11.1 Å². The Labute approximate surface area is 119 Å². The number of nitrogens with zero attached hydrogens (tertiary/aromatic N) is 1. The maximum absolute atomic E-state index is 12.4. The number of sulfonamides is 1. The standard InChI is InChI=1S/C14H19N3O2S/c1-10-2-3-11(9-15)8-14(10)20(18,19)17-13-6-4-12(16)5-7-13/h2-3,8,12-13,17H,4-7,16H2,1H3. The Morgan fingerprint density at radius 2 is 1.95 bits per heavy atom. The van der Waals surface area contributed by atoms with Crippen molar-refractivity contribution in [3.63, 3.8) is 0 Å². The topological polar surface area (TPSA) is 96.0 Å². The molecule has 1 aromatic rings. The monoisotopic (exact) mass is 293 g/mol. The minimum atomic E-state index is -3.58. The summed E-state index contributed by atoms with van der Waals surface area (Å²) in [5, 5.41) is 8.89. The van der Waals surface area contributed by atoms with Crippen LogP contribution >= 0.6 is 0 Å². The molecule has 5 nitrogen and oxygen atoms in total. The molecule has 0 unspecified atom stereocenters. The van der Waals surface area contributed by atoms with Crippen LogP contribution in [0.4, 0.5) is 0 Å². The van der Waals surface area contributed by atoms with Crippen LogP contribution in [-0.4, -0.2) is 20.5 Å². The first-order valence-corrected chi connectivity index (χ1v) is 8.19. The molecule has 0 aliphatic heterocycles. The lowest BCUT2D eigenvalue weighted by atomic mass is 9.93. The molecule has 108 valence electrons. The number of hydrogen-bond acceptors (Lipinski definition) is 4. The predicted octanol–water partition coefficient (Wildman–Crippen LogP) is 1.41. The molecule has 0 radical (unpaired) electrons. The summed E-state index contributed by atoms with van der Waals surface area (Å²) >= 11 is 0. The van der Waals surface area contributed by atoms with Gasteiger partial charge < -0.3 is 5.73 Å². The van der Waals surface area contributed by atoms with Crippen molar-refractivity contribution in [2.75, 3.05) is 0 Å². The summed E-state index contributed by atoms with van der Waals surface area (Å²) in [5.41, 5.74) is 6.81. The summed E-state index contributed by atoms with van der Waals surface area (Å²) in [6, 6.07) is 6.78. The van der Waals surface area contributed by atoms with Crippen LogP contribution < -0.4 is 10.5 Å². The van der Waals surface area contributed by atoms with Crippen molar-refractivity contribution in [2.24, 2.45) is 5.73 Å². The van der Waals surface area contributed by atoms with E-state index in [9.17, 15) is 8.42 Å². The number of nitrogens with two attached hydrogens (primary N) is 1. The molecule has 1 saturated carbocycles. The Hall–Kier alpha value is -1.42. The lowest BCUT2D eigenvalue weighted by molar-refractivity contribution is 0.373. The average Bonchev–Trinajstić information content (AvgIpc) is 2.41. The van der Waals surface area contributed by atoms with Gasteiger partial charge in [0.05, 0.1) is 16.5 Å². The van der Waals surface area contributed by atoms with Crippen LogP contribution in [0.1, 0.15) is 36.8 Å². The molecule has 0 bridgehead atoms. The second-order valence-electron chi connectivity index (χ2n) is 5.33.